The quantitative estimate of drug-likeness (QED) is 0.871. The molecule has 2 N–H and O–H groups in total. The van der Waals surface area contributed by atoms with Crippen molar-refractivity contribution in [2.75, 3.05) is 23.8 Å². The van der Waals surface area contributed by atoms with Gasteiger partial charge in [0.1, 0.15) is 12.4 Å². The van der Waals surface area contributed by atoms with Crippen LogP contribution >= 0.6 is 0 Å². The van der Waals surface area contributed by atoms with E-state index in [0.717, 1.165) is 0 Å². The van der Waals surface area contributed by atoms with E-state index in [9.17, 15) is 9.59 Å². The molecule has 108 valence electrons. The number of fused-ring (bicyclic) bond motifs is 1. The first-order valence-electron chi connectivity index (χ1n) is 6.44. The number of carbonyl (C=O) groups is 2. The zero-order valence-electron chi connectivity index (χ0n) is 11.8. The van der Waals surface area contributed by atoms with Crippen LogP contribution in [0.2, 0.25) is 0 Å². The first kappa shape index (κ1) is 14.2. The predicted molar refractivity (Wildman–Crippen MR) is 75.0 cm³/mol. The van der Waals surface area contributed by atoms with Gasteiger partial charge in [0.25, 0.3) is 0 Å². The highest BCUT2D eigenvalue weighted by Gasteiger charge is 2.32. The van der Waals surface area contributed by atoms with Gasteiger partial charge in [0.05, 0.1) is 17.7 Å². The molecule has 0 saturated heterocycles. The largest absolute Gasteiger partial charge is 0.490 e. The minimum absolute atomic E-state index is 0.0950. The summed E-state index contributed by atoms with van der Waals surface area (Å²) in [6, 6.07) is 5.03. The molecule has 6 heteroatoms. The van der Waals surface area contributed by atoms with Crippen molar-refractivity contribution in [2.24, 2.45) is 5.41 Å². The third-order valence-corrected chi connectivity index (χ3v) is 2.95. The average molecular weight is 278 g/mol. The van der Waals surface area contributed by atoms with Gasteiger partial charge < -0.3 is 14.8 Å². The highest BCUT2D eigenvalue weighted by Crippen LogP contribution is 2.34. The van der Waals surface area contributed by atoms with E-state index in [0.29, 0.717) is 23.7 Å². The maximum absolute atomic E-state index is 12.0. The number of nitrogens with one attached hydrogen (secondary N) is 2. The number of carbonyl (C=O) groups excluding carboxylic acids is 2. The number of anilines is 2. The Morgan fingerprint density at radius 2 is 2.25 bits per heavy atom. The molecule has 0 fully saturated rings. The maximum Gasteiger partial charge on any atom is 0.411 e. The monoisotopic (exact) mass is 278 g/mol. The molecule has 0 bridgehead atoms. The average Bonchev–Trinajstić information content (AvgIpc) is 2.48. The lowest BCUT2D eigenvalue weighted by atomic mass is 9.94. The van der Waals surface area contributed by atoms with Crippen LogP contribution < -0.4 is 15.4 Å². The summed E-state index contributed by atoms with van der Waals surface area (Å²) >= 11 is 0. The first-order chi connectivity index (χ1) is 9.42. The second-order valence-electron chi connectivity index (χ2n) is 5.18. The van der Waals surface area contributed by atoms with Crippen molar-refractivity contribution in [3.63, 3.8) is 0 Å². The highest BCUT2D eigenvalue weighted by molar-refractivity contribution is 5.97. The van der Waals surface area contributed by atoms with Gasteiger partial charge in [-0.25, -0.2) is 4.79 Å². The SMILES string of the molecule is CCOC(=O)Nc1ccc2c(c1)OCC(C)(C)C(=O)N2. The van der Waals surface area contributed by atoms with Gasteiger partial charge in [-0.3, -0.25) is 10.1 Å². The van der Waals surface area contributed by atoms with Gasteiger partial charge in [-0.2, -0.15) is 0 Å². The van der Waals surface area contributed by atoms with E-state index in [4.69, 9.17) is 9.47 Å². The third kappa shape index (κ3) is 3.01. The lowest BCUT2D eigenvalue weighted by Crippen LogP contribution is -2.33. The Hall–Kier alpha value is -2.24. The molecule has 1 aliphatic heterocycles. The van der Waals surface area contributed by atoms with Gasteiger partial charge in [0, 0.05) is 11.8 Å². The molecule has 2 rings (SSSR count). The number of benzene rings is 1. The molecule has 0 unspecified atom stereocenters. The topological polar surface area (TPSA) is 76.7 Å². The Morgan fingerprint density at radius 3 is 2.95 bits per heavy atom. The summed E-state index contributed by atoms with van der Waals surface area (Å²) in [5.74, 6) is 0.431. The standard InChI is InChI=1S/C14H18N2O4/c1-4-19-13(18)15-9-5-6-10-11(7-9)20-8-14(2,3)12(17)16-10/h5-7H,4,8H2,1-3H3,(H,15,18)(H,16,17). The van der Waals surface area contributed by atoms with Crippen molar-refractivity contribution in [1.29, 1.82) is 0 Å². The third-order valence-electron chi connectivity index (χ3n) is 2.95. The molecule has 1 aliphatic rings. The van der Waals surface area contributed by atoms with Gasteiger partial charge in [-0.05, 0) is 32.9 Å². The van der Waals surface area contributed by atoms with E-state index >= 15 is 0 Å². The summed E-state index contributed by atoms with van der Waals surface area (Å²) in [6.45, 7) is 5.93. The van der Waals surface area contributed by atoms with Gasteiger partial charge in [0.2, 0.25) is 5.91 Å². The molecule has 6 nitrogen and oxygen atoms in total. The number of ether oxygens (including phenoxy) is 2. The predicted octanol–water partition coefficient (Wildman–Crippen LogP) is 2.61. The lowest BCUT2D eigenvalue weighted by molar-refractivity contribution is -0.124. The minimum atomic E-state index is -0.603. The number of hydrogen-bond acceptors (Lipinski definition) is 4. The molecule has 2 amide bonds. The summed E-state index contributed by atoms with van der Waals surface area (Å²) in [7, 11) is 0. The number of amides is 2. The Kier molecular flexibility index (Phi) is 3.83. The van der Waals surface area contributed by atoms with Crippen LogP contribution in [0.3, 0.4) is 0 Å². The zero-order valence-corrected chi connectivity index (χ0v) is 11.8. The normalized spacial score (nSPS) is 16.2. The summed E-state index contributed by atoms with van der Waals surface area (Å²) in [5.41, 5.74) is 0.541. The van der Waals surface area contributed by atoms with Crippen LogP contribution in [0, 0.1) is 5.41 Å². The summed E-state index contributed by atoms with van der Waals surface area (Å²) in [6.07, 6.45) is -0.523. The molecular formula is C14H18N2O4. The Bertz CT molecular complexity index is 540. The van der Waals surface area contributed by atoms with Crippen molar-refractivity contribution >= 4 is 23.4 Å². The fraction of sp³-hybridized carbons (Fsp3) is 0.429. The number of rotatable bonds is 2. The molecule has 1 aromatic carbocycles. The summed E-state index contributed by atoms with van der Waals surface area (Å²) in [4.78, 5) is 23.3. The Morgan fingerprint density at radius 1 is 1.50 bits per heavy atom. The van der Waals surface area contributed by atoms with E-state index in [2.05, 4.69) is 10.6 Å². The Labute approximate surface area is 117 Å². The molecule has 1 aromatic rings. The van der Waals surface area contributed by atoms with Crippen LogP contribution in [-0.2, 0) is 9.53 Å². The molecule has 20 heavy (non-hydrogen) atoms. The molecule has 0 radical (unpaired) electrons. The maximum atomic E-state index is 12.0. The second kappa shape index (κ2) is 5.40. The summed E-state index contributed by atoms with van der Waals surface area (Å²) < 4.78 is 10.4. The van der Waals surface area contributed by atoms with Crippen LogP contribution in [0.25, 0.3) is 0 Å². The van der Waals surface area contributed by atoms with Crippen molar-refractivity contribution in [3.8, 4) is 5.75 Å². The van der Waals surface area contributed by atoms with Crippen LogP contribution in [0.5, 0.6) is 5.75 Å². The fourth-order valence-corrected chi connectivity index (χ4v) is 1.72. The van der Waals surface area contributed by atoms with Crippen molar-refractivity contribution < 1.29 is 19.1 Å². The fourth-order valence-electron chi connectivity index (χ4n) is 1.72. The van der Waals surface area contributed by atoms with Gasteiger partial charge in [-0.1, -0.05) is 0 Å². The van der Waals surface area contributed by atoms with Crippen LogP contribution in [0.15, 0.2) is 18.2 Å². The second-order valence-corrected chi connectivity index (χ2v) is 5.18. The van der Waals surface area contributed by atoms with Gasteiger partial charge >= 0.3 is 6.09 Å². The van der Waals surface area contributed by atoms with E-state index in [-0.39, 0.29) is 12.5 Å². The van der Waals surface area contributed by atoms with Crippen LogP contribution in [-0.4, -0.2) is 25.2 Å². The summed E-state index contributed by atoms with van der Waals surface area (Å²) in [5, 5.41) is 5.40. The number of hydrogen-bond donors (Lipinski definition) is 2. The van der Waals surface area contributed by atoms with E-state index in [1.54, 1.807) is 25.1 Å². The van der Waals surface area contributed by atoms with E-state index < -0.39 is 11.5 Å². The molecule has 0 aromatic heterocycles. The van der Waals surface area contributed by atoms with Crippen LogP contribution in [0.1, 0.15) is 20.8 Å². The zero-order chi connectivity index (χ0) is 14.8. The van der Waals surface area contributed by atoms with Gasteiger partial charge in [0.15, 0.2) is 0 Å². The lowest BCUT2D eigenvalue weighted by Gasteiger charge is -2.18. The Balaban J connectivity index is 2.19. The van der Waals surface area contributed by atoms with Crippen molar-refractivity contribution in [3.05, 3.63) is 18.2 Å². The van der Waals surface area contributed by atoms with Crippen molar-refractivity contribution in [1.82, 2.24) is 0 Å². The highest BCUT2D eigenvalue weighted by atomic mass is 16.5. The molecule has 0 aliphatic carbocycles. The van der Waals surface area contributed by atoms with E-state index in [1.165, 1.54) is 0 Å². The molecular weight excluding hydrogens is 260 g/mol. The smallest absolute Gasteiger partial charge is 0.411 e. The molecule has 0 spiro atoms. The first-order valence-corrected chi connectivity index (χ1v) is 6.44. The molecule has 0 saturated carbocycles. The van der Waals surface area contributed by atoms with Gasteiger partial charge in [-0.15, -0.1) is 0 Å². The van der Waals surface area contributed by atoms with Crippen molar-refractivity contribution in [2.45, 2.75) is 20.8 Å². The molecule has 0 atom stereocenters. The molecule has 1 heterocycles. The minimum Gasteiger partial charge on any atom is -0.490 e. The van der Waals surface area contributed by atoms with E-state index in [1.807, 2.05) is 13.8 Å². The van der Waals surface area contributed by atoms with Crippen LogP contribution in [0.4, 0.5) is 16.2 Å².